The van der Waals surface area contributed by atoms with E-state index in [1.807, 2.05) is 0 Å². The lowest BCUT2D eigenvalue weighted by atomic mass is 10.1. The predicted octanol–water partition coefficient (Wildman–Crippen LogP) is 2.01. The van der Waals surface area contributed by atoms with Crippen LogP contribution in [-0.2, 0) is 14.3 Å². The fourth-order valence-corrected chi connectivity index (χ4v) is 1.73. The van der Waals surface area contributed by atoms with E-state index in [2.05, 4.69) is 5.32 Å². The normalized spacial score (nSPS) is 16.5. The number of phenols is 1. The maximum Gasteiger partial charge on any atom is 0.239 e. The molecule has 1 saturated heterocycles. The fraction of sp³-hybridized carbons (Fsp3) is 0.417. The quantitative estimate of drug-likeness (QED) is 0.652. The largest absolute Gasteiger partial charge is 0.506 e. The summed E-state index contributed by atoms with van der Waals surface area (Å²) in [6.45, 7) is 1.27. The molecule has 0 radical (unpaired) electrons. The summed E-state index contributed by atoms with van der Waals surface area (Å²) in [4.78, 5) is 11.1. The third-order valence-corrected chi connectivity index (χ3v) is 2.76. The molecule has 0 aliphatic carbocycles. The van der Waals surface area contributed by atoms with E-state index >= 15 is 0 Å². The van der Waals surface area contributed by atoms with E-state index in [1.54, 1.807) is 12.1 Å². The molecule has 1 fully saturated rings. The number of halogens is 1. The summed E-state index contributed by atoms with van der Waals surface area (Å²) in [6.07, 6.45) is 0.411. The van der Waals surface area contributed by atoms with Gasteiger partial charge in [0.25, 0.3) is 0 Å². The first kappa shape index (κ1) is 13.1. The molecule has 98 valence electrons. The molecule has 18 heavy (non-hydrogen) atoms. The maximum absolute atomic E-state index is 11.1. The summed E-state index contributed by atoms with van der Waals surface area (Å²) < 4.78 is 10.8. The highest BCUT2D eigenvalue weighted by atomic mass is 35.5. The molecular formula is C12H14ClNO4. The number of benzene rings is 1. The van der Waals surface area contributed by atoms with E-state index in [9.17, 15) is 9.90 Å². The van der Waals surface area contributed by atoms with Crippen molar-refractivity contribution >= 4 is 23.2 Å². The van der Waals surface area contributed by atoms with Crippen LogP contribution in [-0.4, -0.2) is 30.1 Å². The Morgan fingerprint density at radius 1 is 1.44 bits per heavy atom. The second kappa shape index (κ2) is 6.04. The van der Waals surface area contributed by atoms with Gasteiger partial charge in [0, 0.05) is 5.56 Å². The Morgan fingerprint density at radius 3 is 2.78 bits per heavy atom. The van der Waals surface area contributed by atoms with Crippen molar-refractivity contribution in [1.29, 1.82) is 0 Å². The predicted molar refractivity (Wildman–Crippen MR) is 66.7 cm³/mol. The molecule has 1 aliphatic rings. The first-order chi connectivity index (χ1) is 8.70. The molecule has 0 atom stereocenters. The molecule has 1 amide bonds. The number of hydrogen-bond donors (Lipinski definition) is 2. The second-order valence-corrected chi connectivity index (χ2v) is 4.15. The van der Waals surface area contributed by atoms with Crippen molar-refractivity contribution in [2.24, 2.45) is 0 Å². The maximum atomic E-state index is 11.1. The number of nitrogens with one attached hydrogen (secondary N) is 1. The highest BCUT2D eigenvalue weighted by Gasteiger charge is 2.18. The third kappa shape index (κ3) is 3.13. The average Bonchev–Trinajstić information content (AvgIpc) is 2.42. The number of ether oxygens (including phenoxy) is 2. The van der Waals surface area contributed by atoms with Crippen LogP contribution in [0.1, 0.15) is 18.3 Å². The average molecular weight is 272 g/mol. The van der Waals surface area contributed by atoms with E-state index in [0.29, 0.717) is 18.9 Å². The first-order valence-corrected chi connectivity index (χ1v) is 6.16. The Labute approximate surface area is 110 Å². The zero-order valence-electron chi connectivity index (χ0n) is 9.69. The van der Waals surface area contributed by atoms with E-state index in [1.165, 1.54) is 6.07 Å². The van der Waals surface area contributed by atoms with Crippen LogP contribution in [0.2, 0.25) is 0 Å². The van der Waals surface area contributed by atoms with Crippen molar-refractivity contribution in [1.82, 2.24) is 0 Å². The summed E-state index contributed by atoms with van der Waals surface area (Å²) >= 11 is 5.37. The van der Waals surface area contributed by atoms with Crippen LogP contribution in [0.3, 0.4) is 0 Å². The van der Waals surface area contributed by atoms with Crippen molar-refractivity contribution in [3.05, 3.63) is 23.8 Å². The summed E-state index contributed by atoms with van der Waals surface area (Å²) in [6, 6.07) is 4.84. The van der Waals surface area contributed by atoms with Gasteiger partial charge in [0.1, 0.15) is 11.6 Å². The highest BCUT2D eigenvalue weighted by molar-refractivity contribution is 6.29. The fourth-order valence-electron chi connectivity index (χ4n) is 1.66. The van der Waals surface area contributed by atoms with Crippen molar-refractivity contribution in [3.8, 4) is 5.75 Å². The van der Waals surface area contributed by atoms with Crippen molar-refractivity contribution in [2.75, 3.05) is 24.4 Å². The van der Waals surface area contributed by atoms with Gasteiger partial charge in [0.05, 0.1) is 18.9 Å². The Bertz CT molecular complexity index is 432. The zero-order chi connectivity index (χ0) is 13.0. The minimum absolute atomic E-state index is 0.0382. The number of anilines is 1. The number of carbonyl (C=O) groups excluding carboxylic acids is 1. The number of hydrogen-bond acceptors (Lipinski definition) is 4. The van der Waals surface area contributed by atoms with Crippen LogP contribution < -0.4 is 5.32 Å². The van der Waals surface area contributed by atoms with Crippen molar-refractivity contribution in [3.63, 3.8) is 0 Å². The number of rotatable bonds is 3. The molecule has 1 aromatic carbocycles. The molecule has 5 nitrogen and oxygen atoms in total. The molecule has 2 N–H and O–H groups in total. The molecule has 0 unspecified atom stereocenters. The molecule has 1 heterocycles. The monoisotopic (exact) mass is 271 g/mol. The SMILES string of the molecule is O=C(CCl)Nc1ccc(C2OCCCO2)cc1O. The summed E-state index contributed by atoms with van der Waals surface area (Å²) in [5.74, 6) is -0.565. The molecule has 1 aromatic rings. The van der Waals surface area contributed by atoms with E-state index in [-0.39, 0.29) is 17.5 Å². The minimum atomic E-state index is -0.456. The smallest absolute Gasteiger partial charge is 0.239 e. The van der Waals surface area contributed by atoms with Gasteiger partial charge in [-0.3, -0.25) is 4.79 Å². The minimum Gasteiger partial charge on any atom is -0.506 e. The van der Waals surface area contributed by atoms with Crippen LogP contribution in [0.15, 0.2) is 18.2 Å². The van der Waals surface area contributed by atoms with Gasteiger partial charge < -0.3 is 19.9 Å². The van der Waals surface area contributed by atoms with Gasteiger partial charge in [-0.2, -0.15) is 0 Å². The number of alkyl halides is 1. The van der Waals surface area contributed by atoms with E-state index in [4.69, 9.17) is 21.1 Å². The number of aromatic hydroxyl groups is 1. The topological polar surface area (TPSA) is 67.8 Å². The van der Waals surface area contributed by atoms with Gasteiger partial charge in [0.15, 0.2) is 6.29 Å². The summed E-state index contributed by atoms with van der Waals surface area (Å²) in [5.41, 5.74) is 1.04. The van der Waals surface area contributed by atoms with Crippen LogP contribution in [0.4, 0.5) is 5.69 Å². The van der Waals surface area contributed by atoms with Crippen molar-refractivity contribution < 1.29 is 19.4 Å². The van der Waals surface area contributed by atoms with Gasteiger partial charge in [-0.1, -0.05) is 6.07 Å². The second-order valence-electron chi connectivity index (χ2n) is 3.89. The zero-order valence-corrected chi connectivity index (χ0v) is 10.4. The van der Waals surface area contributed by atoms with Crippen LogP contribution in [0.25, 0.3) is 0 Å². The number of carbonyl (C=O) groups is 1. The number of phenolic OH excluding ortho intramolecular Hbond substituents is 1. The lowest BCUT2D eigenvalue weighted by Gasteiger charge is -2.23. The van der Waals surface area contributed by atoms with Gasteiger partial charge in [-0.25, -0.2) is 0 Å². The van der Waals surface area contributed by atoms with Gasteiger partial charge in [-0.15, -0.1) is 11.6 Å². The van der Waals surface area contributed by atoms with Gasteiger partial charge in [0.2, 0.25) is 5.91 Å². The molecule has 0 saturated carbocycles. The Hall–Kier alpha value is -1.30. The lowest BCUT2D eigenvalue weighted by molar-refractivity contribution is -0.183. The number of amides is 1. The Balaban J connectivity index is 2.11. The van der Waals surface area contributed by atoms with Gasteiger partial charge >= 0.3 is 0 Å². The highest BCUT2D eigenvalue weighted by Crippen LogP contribution is 2.30. The molecule has 2 rings (SSSR count). The van der Waals surface area contributed by atoms with Gasteiger partial charge in [-0.05, 0) is 18.6 Å². The Morgan fingerprint density at radius 2 is 2.17 bits per heavy atom. The Kier molecular flexibility index (Phi) is 4.41. The molecule has 6 heteroatoms. The van der Waals surface area contributed by atoms with Crippen LogP contribution >= 0.6 is 11.6 Å². The molecule has 0 spiro atoms. The van der Waals surface area contributed by atoms with E-state index in [0.717, 1.165) is 12.0 Å². The summed E-state index contributed by atoms with van der Waals surface area (Å²) in [5, 5.41) is 12.3. The van der Waals surface area contributed by atoms with Crippen molar-refractivity contribution in [2.45, 2.75) is 12.7 Å². The van der Waals surface area contributed by atoms with E-state index < -0.39 is 6.29 Å². The lowest BCUT2D eigenvalue weighted by Crippen LogP contribution is -2.18. The third-order valence-electron chi connectivity index (χ3n) is 2.52. The van der Waals surface area contributed by atoms with Crippen LogP contribution in [0.5, 0.6) is 5.75 Å². The summed E-state index contributed by atoms with van der Waals surface area (Å²) in [7, 11) is 0. The van der Waals surface area contributed by atoms with Crippen LogP contribution in [0, 0.1) is 0 Å². The first-order valence-electron chi connectivity index (χ1n) is 5.62. The molecular weight excluding hydrogens is 258 g/mol. The standard InChI is InChI=1S/C12H14ClNO4/c13-7-11(16)14-9-3-2-8(6-10(9)15)12-17-4-1-5-18-12/h2-3,6,12,15H,1,4-5,7H2,(H,14,16). The molecule has 1 aliphatic heterocycles. The molecule has 0 bridgehead atoms. The molecule has 0 aromatic heterocycles.